The highest BCUT2D eigenvalue weighted by Crippen LogP contribution is 2.28. The molecule has 1 atom stereocenters. The first kappa shape index (κ1) is 11.4. The van der Waals surface area contributed by atoms with Gasteiger partial charge in [0.1, 0.15) is 5.38 Å². The predicted octanol–water partition coefficient (Wildman–Crippen LogP) is 2.20. The molecule has 0 saturated heterocycles. The monoisotopic (exact) mass is 238 g/mol. The Bertz CT molecular complexity index is 417. The van der Waals surface area contributed by atoms with Gasteiger partial charge >= 0.3 is 0 Å². The summed E-state index contributed by atoms with van der Waals surface area (Å²) < 4.78 is 0. The molecule has 1 N–H and O–H groups in total. The van der Waals surface area contributed by atoms with Crippen molar-refractivity contribution in [2.75, 3.05) is 12.4 Å². The topological polar surface area (TPSA) is 32.3 Å². The lowest BCUT2D eigenvalue weighted by Gasteiger charge is -2.11. The second-order valence-corrected chi connectivity index (χ2v) is 4.88. The van der Waals surface area contributed by atoms with Crippen molar-refractivity contribution in [3.05, 3.63) is 29.3 Å². The van der Waals surface area contributed by atoms with Crippen molar-refractivity contribution in [1.82, 2.24) is 4.90 Å². The van der Waals surface area contributed by atoms with Gasteiger partial charge in [-0.25, -0.2) is 0 Å². The van der Waals surface area contributed by atoms with Crippen molar-refractivity contribution in [3.63, 3.8) is 0 Å². The molecule has 1 amide bonds. The van der Waals surface area contributed by atoms with Crippen molar-refractivity contribution in [2.45, 2.75) is 25.4 Å². The fourth-order valence-corrected chi connectivity index (χ4v) is 1.99. The van der Waals surface area contributed by atoms with Crippen LogP contribution in [0.2, 0.25) is 0 Å². The summed E-state index contributed by atoms with van der Waals surface area (Å²) in [6, 6.07) is 5.99. The van der Waals surface area contributed by atoms with Gasteiger partial charge in [-0.2, -0.15) is 0 Å². The van der Waals surface area contributed by atoms with Crippen molar-refractivity contribution < 1.29 is 4.79 Å². The van der Waals surface area contributed by atoms with Gasteiger partial charge < -0.3 is 5.32 Å². The highest BCUT2D eigenvalue weighted by molar-refractivity contribution is 6.32. The molecular formula is C12H15ClN2O. The zero-order valence-electron chi connectivity index (χ0n) is 9.46. The van der Waals surface area contributed by atoms with Gasteiger partial charge in [-0.05, 0) is 31.2 Å². The van der Waals surface area contributed by atoms with Crippen LogP contribution < -0.4 is 5.32 Å². The molecule has 0 fully saturated rings. The normalized spacial score (nSPS) is 16.9. The summed E-state index contributed by atoms with van der Waals surface area (Å²) in [6.45, 7) is 3.49. The quantitative estimate of drug-likeness (QED) is 0.802. The molecule has 0 spiro atoms. The molecular weight excluding hydrogens is 224 g/mol. The number of hydrogen-bond donors (Lipinski definition) is 1. The number of anilines is 1. The summed E-state index contributed by atoms with van der Waals surface area (Å²) in [5.41, 5.74) is 3.37. The highest BCUT2D eigenvalue weighted by atomic mass is 35.5. The van der Waals surface area contributed by atoms with Gasteiger partial charge in [0, 0.05) is 18.8 Å². The van der Waals surface area contributed by atoms with Gasteiger partial charge in [0.25, 0.3) is 0 Å². The first-order valence-electron chi connectivity index (χ1n) is 5.32. The van der Waals surface area contributed by atoms with Crippen LogP contribution in [0.1, 0.15) is 18.1 Å². The number of fused-ring (bicyclic) bond motifs is 1. The van der Waals surface area contributed by atoms with Gasteiger partial charge in [-0.3, -0.25) is 9.69 Å². The Balaban J connectivity index is 2.24. The molecule has 1 aromatic rings. The van der Waals surface area contributed by atoms with Gasteiger partial charge in [0.2, 0.25) is 5.91 Å². The van der Waals surface area contributed by atoms with Crippen molar-refractivity contribution >= 4 is 23.2 Å². The number of carbonyl (C=O) groups is 1. The second kappa shape index (κ2) is 4.44. The Labute approximate surface area is 100 Å². The molecule has 1 unspecified atom stereocenters. The minimum atomic E-state index is -0.505. The minimum absolute atomic E-state index is 0.149. The molecule has 0 radical (unpaired) electrons. The largest absolute Gasteiger partial charge is 0.325 e. The summed E-state index contributed by atoms with van der Waals surface area (Å²) >= 11 is 5.74. The fourth-order valence-electron chi connectivity index (χ4n) is 1.94. The van der Waals surface area contributed by atoms with Crippen LogP contribution >= 0.6 is 11.6 Å². The van der Waals surface area contributed by atoms with E-state index in [1.165, 1.54) is 11.1 Å². The Hall–Kier alpha value is -1.06. The zero-order chi connectivity index (χ0) is 11.7. The molecule has 0 aromatic heterocycles. The first-order valence-corrected chi connectivity index (χ1v) is 5.76. The third-order valence-corrected chi connectivity index (χ3v) is 2.96. The van der Waals surface area contributed by atoms with E-state index in [9.17, 15) is 4.79 Å². The fraction of sp³-hybridized carbons (Fsp3) is 0.417. The van der Waals surface area contributed by atoms with E-state index in [1.54, 1.807) is 6.92 Å². The second-order valence-electron chi connectivity index (χ2n) is 4.22. The maximum Gasteiger partial charge on any atom is 0.242 e. The number of amides is 1. The summed E-state index contributed by atoms with van der Waals surface area (Å²) in [6.07, 6.45) is 0. The molecule has 0 saturated carbocycles. The third-order valence-electron chi connectivity index (χ3n) is 2.76. The molecule has 1 aliphatic heterocycles. The molecule has 1 aromatic carbocycles. The van der Waals surface area contributed by atoms with Crippen LogP contribution in [0.5, 0.6) is 0 Å². The lowest BCUT2D eigenvalue weighted by atomic mass is 10.1. The number of halogens is 1. The molecule has 86 valence electrons. The average Bonchev–Trinajstić information content (AvgIpc) is 2.59. The van der Waals surface area contributed by atoms with E-state index >= 15 is 0 Å². The Morgan fingerprint density at radius 2 is 2.25 bits per heavy atom. The van der Waals surface area contributed by atoms with Crippen molar-refractivity contribution in [1.29, 1.82) is 0 Å². The summed E-state index contributed by atoms with van der Waals surface area (Å²) in [4.78, 5) is 13.7. The Morgan fingerprint density at radius 1 is 1.50 bits per heavy atom. The molecule has 0 aliphatic carbocycles. The Morgan fingerprint density at radius 3 is 2.94 bits per heavy atom. The van der Waals surface area contributed by atoms with Gasteiger partial charge in [0.15, 0.2) is 0 Å². The third kappa shape index (κ3) is 2.20. The number of hydrogen-bond acceptors (Lipinski definition) is 2. The van der Waals surface area contributed by atoms with Gasteiger partial charge in [-0.1, -0.05) is 12.1 Å². The van der Waals surface area contributed by atoms with Crippen LogP contribution in [0, 0.1) is 0 Å². The van der Waals surface area contributed by atoms with Crippen LogP contribution in [0.25, 0.3) is 0 Å². The van der Waals surface area contributed by atoms with Crippen molar-refractivity contribution in [3.8, 4) is 0 Å². The van der Waals surface area contributed by atoms with Crippen LogP contribution in [0.15, 0.2) is 18.2 Å². The molecule has 3 nitrogen and oxygen atoms in total. The van der Waals surface area contributed by atoms with E-state index in [0.29, 0.717) is 0 Å². The standard InChI is InChI=1S/C12H15ClN2O/c1-8(13)12(16)14-11-5-3-4-9-6-15(2)7-10(9)11/h3-5,8H,6-7H2,1-2H3,(H,14,16). The number of carbonyl (C=O) groups excluding carboxylic acids is 1. The minimum Gasteiger partial charge on any atom is -0.325 e. The van der Waals surface area contributed by atoms with Crippen LogP contribution in [0.3, 0.4) is 0 Å². The van der Waals surface area contributed by atoms with Crippen LogP contribution in [-0.2, 0) is 17.9 Å². The summed E-state index contributed by atoms with van der Waals surface area (Å²) in [7, 11) is 2.07. The van der Waals surface area contributed by atoms with E-state index in [4.69, 9.17) is 11.6 Å². The molecule has 16 heavy (non-hydrogen) atoms. The molecule has 2 rings (SSSR count). The number of benzene rings is 1. The lowest BCUT2D eigenvalue weighted by Crippen LogP contribution is -2.21. The SMILES string of the molecule is CC(Cl)C(=O)Nc1cccc2c1CN(C)C2. The lowest BCUT2D eigenvalue weighted by molar-refractivity contribution is -0.115. The predicted molar refractivity (Wildman–Crippen MR) is 65.6 cm³/mol. The van der Waals surface area contributed by atoms with Gasteiger partial charge in [-0.15, -0.1) is 11.6 Å². The molecule has 1 heterocycles. The van der Waals surface area contributed by atoms with E-state index in [1.807, 2.05) is 12.1 Å². The Kier molecular flexibility index (Phi) is 3.17. The number of nitrogens with one attached hydrogen (secondary N) is 1. The maximum absolute atomic E-state index is 11.5. The van der Waals surface area contributed by atoms with E-state index in [-0.39, 0.29) is 5.91 Å². The smallest absolute Gasteiger partial charge is 0.242 e. The van der Waals surface area contributed by atoms with Crippen molar-refractivity contribution in [2.24, 2.45) is 0 Å². The maximum atomic E-state index is 11.5. The summed E-state index contributed by atoms with van der Waals surface area (Å²) in [5.74, 6) is -0.149. The van der Waals surface area contributed by atoms with Crippen LogP contribution in [-0.4, -0.2) is 23.2 Å². The average molecular weight is 239 g/mol. The van der Waals surface area contributed by atoms with Gasteiger partial charge in [0.05, 0.1) is 0 Å². The van der Waals surface area contributed by atoms with E-state index < -0.39 is 5.38 Å². The number of rotatable bonds is 2. The number of nitrogens with zero attached hydrogens (tertiary/aromatic N) is 1. The van der Waals surface area contributed by atoms with Crippen LogP contribution in [0.4, 0.5) is 5.69 Å². The highest BCUT2D eigenvalue weighted by Gasteiger charge is 2.20. The first-order chi connectivity index (χ1) is 7.58. The zero-order valence-corrected chi connectivity index (χ0v) is 10.2. The van der Waals surface area contributed by atoms with E-state index in [0.717, 1.165) is 18.8 Å². The van der Waals surface area contributed by atoms with E-state index in [2.05, 4.69) is 23.3 Å². The molecule has 4 heteroatoms. The molecule has 1 aliphatic rings. The number of alkyl halides is 1. The molecule has 0 bridgehead atoms. The summed E-state index contributed by atoms with van der Waals surface area (Å²) in [5, 5.41) is 2.36.